The van der Waals surface area contributed by atoms with Crippen molar-refractivity contribution >= 4 is 9.84 Å². The number of sulfone groups is 1. The zero-order valence-corrected chi connectivity index (χ0v) is 12.5. The van der Waals surface area contributed by atoms with Crippen molar-refractivity contribution < 1.29 is 21.6 Å². The fraction of sp³-hybridized carbons (Fsp3) is 0.429. The van der Waals surface area contributed by atoms with E-state index in [2.05, 4.69) is 10.1 Å². The second-order valence-electron chi connectivity index (χ2n) is 5.81. The smallest absolute Gasteiger partial charge is 0.246 e. The van der Waals surface area contributed by atoms with Gasteiger partial charge in [-0.1, -0.05) is 12.1 Å². The first-order chi connectivity index (χ1) is 10.9. The molecule has 0 spiro atoms. The van der Waals surface area contributed by atoms with Crippen LogP contribution in [0.4, 0.5) is 13.2 Å². The van der Waals surface area contributed by atoms with Crippen molar-refractivity contribution in [3.63, 3.8) is 0 Å². The van der Waals surface area contributed by atoms with Crippen LogP contribution in [0.25, 0.3) is 0 Å². The van der Waals surface area contributed by atoms with E-state index in [4.69, 9.17) is 0 Å². The molecule has 1 aliphatic carbocycles. The summed E-state index contributed by atoms with van der Waals surface area (Å²) in [5, 5.41) is 2.19. The molecule has 1 fully saturated rings. The lowest BCUT2D eigenvalue weighted by molar-refractivity contribution is 0.326. The van der Waals surface area contributed by atoms with Gasteiger partial charge in [-0.15, -0.1) is 5.10 Å². The van der Waals surface area contributed by atoms with Gasteiger partial charge in [-0.3, -0.25) is 0 Å². The molecule has 9 heteroatoms. The van der Waals surface area contributed by atoms with Crippen molar-refractivity contribution in [3.8, 4) is 0 Å². The van der Waals surface area contributed by atoms with Gasteiger partial charge in [-0.2, -0.15) is 4.98 Å². The predicted molar refractivity (Wildman–Crippen MR) is 73.5 cm³/mol. The van der Waals surface area contributed by atoms with Gasteiger partial charge >= 0.3 is 0 Å². The summed E-state index contributed by atoms with van der Waals surface area (Å²) >= 11 is 0. The van der Waals surface area contributed by atoms with Gasteiger partial charge < -0.3 is 0 Å². The second kappa shape index (κ2) is 4.80. The van der Waals surface area contributed by atoms with Gasteiger partial charge in [0.05, 0.1) is 6.04 Å². The minimum atomic E-state index is -3.99. The average molecular weight is 343 g/mol. The van der Waals surface area contributed by atoms with Crippen LogP contribution in [0.5, 0.6) is 0 Å². The standard InChI is InChI=1S/C14H12F3N3O2S/c15-8-3-1-2-7(4-8)11-5-10(17)13-18-14(19-20(11)13)23(21,22)12-6-9(12)16/h1-4,9-12H,5-6H2/t9-,10+,11+,12-/m1/s1. The Morgan fingerprint density at radius 1 is 1.22 bits per heavy atom. The van der Waals surface area contributed by atoms with E-state index < -0.39 is 44.4 Å². The van der Waals surface area contributed by atoms with Gasteiger partial charge in [0.25, 0.3) is 5.16 Å². The molecule has 2 aliphatic rings. The van der Waals surface area contributed by atoms with Gasteiger partial charge in [-0.25, -0.2) is 26.3 Å². The van der Waals surface area contributed by atoms with E-state index in [9.17, 15) is 21.6 Å². The zero-order valence-electron chi connectivity index (χ0n) is 11.7. The molecule has 0 radical (unpaired) electrons. The Morgan fingerprint density at radius 2 is 1.96 bits per heavy atom. The molecule has 4 atom stereocenters. The predicted octanol–water partition coefficient (Wildman–Crippen LogP) is 2.31. The van der Waals surface area contributed by atoms with Crippen LogP contribution in [-0.4, -0.2) is 34.6 Å². The Morgan fingerprint density at radius 3 is 2.61 bits per heavy atom. The molecule has 1 aromatic heterocycles. The number of alkyl halides is 2. The number of hydrogen-bond acceptors (Lipinski definition) is 4. The lowest BCUT2D eigenvalue weighted by Crippen LogP contribution is -2.14. The van der Waals surface area contributed by atoms with Crippen molar-refractivity contribution in [1.29, 1.82) is 0 Å². The number of benzene rings is 1. The van der Waals surface area contributed by atoms with Crippen LogP contribution in [0.2, 0.25) is 0 Å². The van der Waals surface area contributed by atoms with Crippen molar-refractivity contribution in [3.05, 3.63) is 41.5 Å². The molecule has 0 N–H and O–H groups in total. The highest BCUT2D eigenvalue weighted by Crippen LogP contribution is 2.41. The molecule has 1 aromatic carbocycles. The fourth-order valence-corrected chi connectivity index (χ4v) is 4.39. The molecule has 0 unspecified atom stereocenters. The summed E-state index contributed by atoms with van der Waals surface area (Å²) in [4.78, 5) is 3.77. The summed E-state index contributed by atoms with van der Waals surface area (Å²) in [6.07, 6.45) is -2.99. The van der Waals surface area contributed by atoms with Crippen LogP contribution in [0.3, 0.4) is 0 Å². The minimum Gasteiger partial charge on any atom is -0.246 e. The Labute approximate surface area is 130 Å². The maximum atomic E-state index is 14.2. The first-order valence-corrected chi connectivity index (χ1v) is 8.66. The molecule has 4 rings (SSSR count). The summed E-state index contributed by atoms with van der Waals surface area (Å²) < 4.78 is 66.1. The molecular weight excluding hydrogens is 331 g/mol. The number of aromatic nitrogens is 3. The second-order valence-corrected chi connectivity index (χ2v) is 7.87. The van der Waals surface area contributed by atoms with Crippen LogP contribution < -0.4 is 0 Å². The third-order valence-corrected chi connectivity index (χ3v) is 6.15. The molecule has 2 aromatic rings. The maximum Gasteiger partial charge on any atom is 0.267 e. The molecule has 0 bridgehead atoms. The lowest BCUT2D eigenvalue weighted by Gasteiger charge is -2.11. The maximum absolute atomic E-state index is 14.2. The highest BCUT2D eigenvalue weighted by molar-refractivity contribution is 7.92. The molecule has 0 amide bonds. The molecular formula is C14H12F3N3O2S. The molecule has 2 heterocycles. The van der Waals surface area contributed by atoms with E-state index in [1.54, 1.807) is 6.07 Å². The van der Waals surface area contributed by atoms with E-state index in [1.807, 2.05) is 0 Å². The SMILES string of the molecule is O=S(=O)(c1nc2n(n1)[C@H](c1cccc(F)c1)C[C@@H]2F)[C@@H]1C[C@H]1F. The molecule has 5 nitrogen and oxygen atoms in total. The van der Waals surface area contributed by atoms with Crippen LogP contribution >= 0.6 is 0 Å². The van der Waals surface area contributed by atoms with Gasteiger partial charge in [-0.05, 0) is 24.1 Å². The normalized spacial score (nSPS) is 29.5. The van der Waals surface area contributed by atoms with Crippen molar-refractivity contribution in [2.75, 3.05) is 0 Å². The summed E-state index contributed by atoms with van der Waals surface area (Å²) in [6, 6.07) is 4.98. The highest BCUT2D eigenvalue weighted by atomic mass is 32.2. The van der Waals surface area contributed by atoms with Crippen LogP contribution in [-0.2, 0) is 9.84 Å². The quantitative estimate of drug-likeness (QED) is 0.858. The summed E-state index contributed by atoms with van der Waals surface area (Å²) in [5.41, 5.74) is 0.482. The number of halogens is 3. The number of fused-ring (bicyclic) bond motifs is 1. The zero-order chi connectivity index (χ0) is 16.4. The first-order valence-electron chi connectivity index (χ1n) is 7.12. The molecule has 1 saturated carbocycles. The molecule has 1 aliphatic heterocycles. The number of hydrogen-bond donors (Lipinski definition) is 0. The Bertz CT molecular complexity index is 883. The van der Waals surface area contributed by atoms with Gasteiger partial charge in [0, 0.05) is 6.42 Å². The Hall–Kier alpha value is -1.90. The Kier molecular flexibility index (Phi) is 3.06. The average Bonchev–Trinajstić information content (AvgIpc) is 2.96. The monoisotopic (exact) mass is 343 g/mol. The van der Waals surface area contributed by atoms with E-state index >= 15 is 0 Å². The van der Waals surface area contributed by atoms with E-state index in [0.29, 0.717) is 5.56 Å². The summed E-state index contributed by atoms with van der Waals surface area (Å²) in [5.74, 6) is -0.591. The third kappa shape index (κ3) is 2.25. The van der Waals surface area contributed by atoms with Gasteiger partial charge in [0.2, 0.25) is 9.84 Å². The van der Waals surface area contributed by atoms with Crippen LogP contribution in [0.15, 0.2) is 29.4 Å². The van der Waals surface area contributed by atoms with E-state index in [1.165, 1.54) is 22.9 Å². The fourth-order valence-electron chi connectivity index (χ4n) is 2.87. The minimum absolute atomic E-state index is 0.00821. The first kappa shape index (κ1) is 14.7. The topological polar surface area (TPSA) is 64.8 Å². The van der Waals surface area contributed by atoms with Crippen molar-refractivity contribution in [2.24, 2.45) is 0 Å². The van der Waals surface area contributed by atoms with E-state index in [-0.39, 0.29) is 18.7 Å². The van der Waals surface area contributed by atoms with Gasteiger partial charge in [0.15, 0.2) is 12.0 Å². The number of nitrogens with zero attached hydrogens (tertiary/aromatic N) is 3. The van der Waals surface area contributed by atoms with E-state index in [0.717, 1.165) is 0 Å². The van der Waals surface area contributed by atoms with Crippen LogP contribution in [0.1, 0.15) is 36.4 Å². The van der Waals surface area contributed by atoms with Crippen molar-refractivity contribution in [1.82, 2.24) is 14.8 Å². The third-order valence-electron chi connectivity index (χ3n) is 4.19. The molecule has 0 saturated heterocycles. The van der Waals surface area contributed by atoms with Crippen molar-refractivity contribution in [2.45, 2.75) is 41.6 Å². The molecule has 23 heavy (non-hydrogen) atoms. The summed E-state index contributed by atoms with van der Waals surface area (Å²) in [7, 11) is -3.99. The van der Waals surface area contributed by atoms with Gasteiger partial charge in [0.1, 0.15) is 17.2 Å². The largest absolute Gasteiger partial charge is 0.267 e. The molecule has 122 valence electrons. The lowest BCUT2D eigenvalue weighted by atomic mass is 10.0. The summed E-state index contributed by atoms with van der Waals surface area (Å²) in [6.45, 7) is 0. The highest BCUT2D eigenvalue weighted by Gasteiger charge is 2.51. The van der Waals surface area contributed by atoms with Crippen LogP contribution in [0, 0.1) is 5.82 Å². The number of rotatable bonds is 3. The Balaban J connectivity index is 1.75.